The summed E-state index contributed by atoms with van der Waals surface area (Å²) in [6.45, 7) is 0. The molecule has 0 bridgehead atoms. The molecule has 2 rings (SSSR count). The molecule has 0 spiro atoms. The third-order valence-electron chi connectivity index (χ3n) is 2.18. The van der Waals surface area contributed by atoms with E-state index in [1.165, 1.54) is 0 Å². The Bertz CT molecular complexity index is 407. The number of rotatable bonds is 2. The molecule has 1 aliphatic carbocycles. The molecular formula is C9H9IO2S. The lowest BCUT2D eigenvalue weighted by molar-refractivity contribution is 0.593. The Morgan fingerprint density at radius 1 is 1.15 bits per heavy atom. The van der Waals surface area contributed by atoms with Crippen LogP contribution in [0.2, 0.25) is 0 Å². The molecule has 0 saturated heterocycles. The second kappa shape index (κ2) is 2.95. The highest BCUT2D eigenvalue weighted by atomic mass is 127. The van der Waals surface area contributed by atoms with E-state index in [9.17, 15) is 8.42 Å². The van der Waals surface area contributed by atoms with Crippen LogP contribution < -0.4 is 0 Å². The maximum absolute atomic E-state index is 11.9. The van der Waals surface area contributed by atoms with Crippen molar-refractivity contribution >= 4 is 32.4 Å². The van der Waals surface area contributed by atoms with Gasteiger partial charge in [-0.15, -0.1) is 0 Å². The minimum Gasteiger partial charge on any atom is -0.222 e. The number of alkyl halides is 1. The summed E-state index contributed by atoms with van der Waals surface area (Å²) in [6.07, 6.45) is 1.57. The van der Waals surface area contributed by atoms with E-state index in [-0.39, 0.29) is 0 Å². The smallest absolute Gasteiger partial charge is 0.193 e. The molecule has 4 heteroatoms. The van der Waals surface area contributed by atoms with Crippen molar-refractivity contribution in [2.75, 3.05) is 0 Å². The van der Waals surface area contributed by atoms with Crippen molar-refractivity contribution in [3.8, 4) is 0 Å². The highest BCUT2D eigenvalue weighted by Gasteiger charge is 2.52. The van der Waals surface area contributed by atoms with E-state index in [2.05, 4.69) is 0 Å². The predicted molar refractivity (Wildman–Crippen MR) is 59.6 cm³/mol. The van der Waals surface area contributed by atoms with Crippen molar-refractivity contribution in [1.29, 1.82) is 0 Å². The van der Waals surface area contributed by atoms with Crippen molar-refractivity contribution < 1.29 is 8.42 Å². The van der Waals surface area contributed by atoms with Crippen LogP contribution in [0.1, 0.15) is 12.8 Å². The molecule has 0 radical (unpaired) electrons. The third kappa shape index (κ3) is 1.50. The van der Waals surface area contributed by atoms with Crippen LogP contribution in [0.25, 0.3) is 0 Å². The maximum Gasteiger partial charge on any atom is 0.193 e. The predicted octanol–water partition coefficient (Wildman–Crippen LogP) is 2.39. The second-order valence-electron chi connectivity index (χ2n) is 3.20. The summed E-state index contributed by atoms with van der Waals surface area (Å²) in [5.74, 6) is 0. The number of halogens is 1. The average Bonchev–Trinajstić information content (AvgIpc) is 2.87. The van der Waals surface area contributed by atoms with Gasteiger partial charge >= 0.3 is 0 Å². The number of sulfone groups is 1. The van der Waals surface area contributed by atoms with Gasteiger partial charge in [-0.3, -0.25) is 0 Å². The van der Waals surface area contributed by atoms with Crippen LogP contribution in [0, 0.1) is 0 Å². The van der Waals surface area contributed by atoms with Crippen molar-refractivity contribution in [2.24, 2.45) is 0 Å². The fraction of sp³-hybridized carbons (Fsp3) is 0.333. The minimum atomic E-state index is -3.08. The van der Waals surface area contributed by atoms with Gasteiger partial charge in [-0.25, -0.2) is 8.42 Å². The quantitative estimate of drug-likeness (QED) is 0.621. The summed E-state index contributed by atoms with van der Waals surface area (Å²) in [5, 5.41) is 0. The third-order valence-corrected chi connectivity index (χ3v) is 7.26. The van der Waals surface area contributed by atoms with E-state index >= 15 is 0 Å². The number of hydrogen-bond donors (Lipinski definition) is 0. The fourth-order valence-corrected chi connectivity index (χ4v) is 3.79. The lowest BCUT2D eigenvalue weighted by Crippen LogP contribution is -2.15. The molecule has 0 N–H and O–H groups in total. The largest absolute Gasteiger partial charge is 0.222 e. The van der Waals surface area contributed by atoms with E-state index in [1.807, 2.05) is 28.7 Å². The molecule has 0 aliphatic heterocycles. The van der Waals surface area contributed by atoms with Crippen LogP contribution >= 0.6 is 22.6 Å². The number of hydrogen-bond acceptors (Lipinski definition) is 2. The van der Waals surface area contributed by atoms with E-state index in [4.69, 9.17) is 0 Å². The Morgan fingerprint density at radius 3 is 2.15 bits per heavy atom. The van der Waals surface area contributed by atoms with Gasteiger partial charge in [0.15, 0.2) is 9.84 Å². The Morgan fingerprint density at radius 2 is 1.69 bits per heavy atom. The topological polar surface area (TPSA) is 34.1 Å². The van der Waals surface area contributed by atoms with Gasteiger partial charge < -0.3 is 0 Å². The molecular weight excluding hydrogens is 299 g/mol. The highest BCUT2D eigenvalue weighted by molar-refractivity contribution is 14.1. The van der Waals surface area contributed by atoms with Crippen molar-refractivity contribution in [1.82, 2.24) is 0 Å². The van der Waals surface area contributed by atoms with Crippen molar-refractivity contribution in [3.63, 3.8) is 0 Å². The summed E-state index contributed by atoms with van der Waals surface area (Å²) >= 11 is 2.05. The van der Waals surface area contributed by atoms with Gasteiger partial charge in [0.05, 0.1) is 4.90 Å². The minimum absolute atomic E-state index is 0.446. The van der Waals surface area contributed by atoms with Crippen LogP contribution in [-0.4, -0.2) is 11.2 Å². The highest BCUT2D eigenvalue weighted by Crippen LogP contribution is 2.52. The van der Waals surface area contributed by atoms with E-state index in [0.29, 0.717) is 4.90 Å². The van der Waals surface area contributed by atoms with Gasteiger partial charge in [-0.05, 0) is 25.0 Å². The normalized spacial score (nSPS) is 19.8. The molecule has 0 aromatic heterocycles. The lowest BCUT2D eigenvalue weighted by Gasteiger charge is -2.08. The molecule has 0 heterocycles. The van der Waals surface area contributed by atoms with Gasteiger partial charge in [0.2, 0.25) is 0 Å². The summed E-state index contributed by atoms with van der Waals surface area (Å²) in [7, 11) is -3.08. The van der Waals surface area contributed by atoms with Crippen LogP contribution in [0.15, 0.2) is 35.2 Å². The van der Waals surface area contributed by atoms with Crippen molar-refractivity contribution in [2.45, 2.75) is 20.5 Å². The molecule has 1 aromatic rings. The molecule has 0 unspecified atom stereocenters. The summed E-state index contributed by atoms with van der Waals surface area (Å²) < 4.78 is 23.3. The van der Waals surface area contributed by atoms with E-state index in [1.54, 1.807) is 24.3 Å². The van der Waals surface area contributed by atoms with Gasteiger partial charge in [0, 0.05) is 0 Å². The molecule has 70 valence electrons. The number of benzene rings is 1. The first-order chi connectivity index (χ1) is 6.06. The van der Waals surface area contributed by atoms with E-state index < -0.39 is 12.6 Å². The van der Waals surface area contributed by atoms with Crippen LogP contribution in [0.4, 0.5) is 0 Å². The Balaban J connectivity index is 2.48. The molecule has 1 fully saturated rings. The molecule has 1 aliphatic rings. The van der Waals surface area contributed by atoms with Crippen LogP contribution in [-0.2, 0) is 9.84 Å². The first kappa shape index (κ1) is 9.45. The zero-order chi connectivity index (χ0) is 9.53. The van der Waals surface area contributed by atoms with Crippen molar-refractivity contribution in [3.05, 3.63) is 30.3 Å². The summed E-state index contributed by atoms with van der Waals surface area (Å²) in [6, 6.07) is 8.67. The standard InChI is InChI=1S/C9H9IO2S/c10-9(6-7-9)13(11,12)8-4-2-1-3-5-8/h1-5H,6-7H2. The first-order valence-electron chi connectivity index (χ1n) is 4.05. The van der Waals surface area contributed by atoms with E-state index in [0.717, 1.165) is 12.8 Å². The first-order valence-corrected chi connectivity index (χ1v) is 6.61. The van der Waals surface area contributed by atoms with Crippen LogP contribution in [0.3, 0.4) is 0 Å². The Hall–Kier alpha value is -0.100. The van der Waals surface area contributed by atoms with Gasteiger partial charge in [-0.2, -0.15) is 0 Å². The fourth-order valence-electron chi connectivity index (χ4n) is 1.18. The monoisotopic (exact) mass is 308 g/mol. The molecule has 2 nitrogen and oxygen atoms in total. The summed E-state index contributed by atoms with van der Waals surface area (Å²) in [4.78, 5) is 0.446. The Kier molecular flexibility index (Phi) is 2.14. The average molecular weight is 308 g/mol. The zero-order valence-electron chi connectivity index (χ0n) is 6.90. The SMILES string of the molecule is O=S(=O)(c1ccccc1)C1(I)CC1. The molecule has 1 aromatic carbocycles. The summed E-state index contributed by atoms with van der Waals surface area (Å²) in [5.41, 5.74) is 0. The van der Waals surface area contributed by atoms with Crippen LogP contribution in [0.5, 0.6) is 0 Å². The molecule has 0 amide bonds. The molecule has 1 saturated carbocycles. The van der Waals surface area contributed by atoms with Gasteiger partial charge in [0.1, 0.15) is 2.75 Å². The zero-order valence-corrected chi connectivity index (χ0v) is 9.88. The van der Waals surface area contributed by atoms with Gasteiger partial charge in [-0.1, -0.05) is 40.8 Å². The second-order valence-corrected chi connectivity index (χ2v) is 8.26. The van der Waals surface area contributed by atoms with Gasteiger partial charge in [0.25, 0.3) is 0 Å². The molecule has 13 heavy (non-hydrogen) atoms. The maximum atomic E-state index is 11.9. The lowest BCUT2D eigenvalue weighted by atomic mass is 10.4. The molecule has 0 atom stereocenters. The Labute approximate surface area is 91.4 Å².